The van der Waals surface area contributed by atoms with Gasteiger partial charge in [-0.2, -0.15) is 0 Å². The van der Waals surface area contributed by atoms with Gasteiger partial charge in [-0.1, -0.05) is 12.1 Å². The van der Waals surface area contributed by atoms with Gasteiger partial charge in [0.2, 0.25) is 0 Å². The SMILES string of the molecule is CC(=[C]N(C)C)c1ccc(F)cc1. The molecule has 0 aliphatic carbocycles. The van der Waals surface area contributed by atoms with E-state index < -0.39 is 0 Å². The highest BCUT2D eigenvalue weighted by Gasteiger charge is 1.96. The Bertz CT molecular complexity index is 298. The molecule has 1 aromatic carbocycles. The molecule has 0 bridgehead atoms. The molecule has 69 valence electrons. The summed E-state index contributed by atoms with van der Waals surface area (Å²) in [4.78, 5) is 1.85. The quantitative estimate of drug-likeness (QED) is 0.629. The van der Waals surface area contributed by atoms with Crippen LogP contribution in [0.5, 0.6) is 0 Å². The molecule has 0 saturated heterocycles. The highest BCUT2D eigenvalue weighted by atomic mass is 19.1. The molecule has 1 rings (SSSR count). The summed E-state index contributed by atoms with van der Waals surface area (Å²) < 4.78 is 12.6. The molecule has 0 amide bonds. The maximum Gasteiger partial charge on any atom is 0.123 e. The summed E-state index contributed by atoms with van der Waals surface area (Å²) in [6.45, 7) is 1.95. The Labute approximate surface area is 78.5 Å². The first-order chi connectivity index (χ1) is 6.09. The number of hydrogen-bond acceptors (Lipinski definition) is 1. The van der Waals surface area contributed by atoms with E-state index in [2.05, 4.69) is 6.20 Å². The van der Waals surface area contributed by atoms with Crippen molar-refractivity contribution in [3.05, 3.63) is 41.8 Å². The zero-order valence-electron chi connectivity index (χ0n) is 8.13. The number of halogens is 1. The van der Waals surface area contributed by atoms with Crippen molar-refractivity contribution in [1.29, 1.82) is 0 Å². The largest absolute Gasteiger partial charge is 0.376 e. The van der Waals surface area contributed by atoms with Crippen LogP contribution in [-0.4, -0.2) is 19.0 Å². The monoisotopic (exact) mass is 178 g/mol. The van der Waals surface area contributed by atoms with Gasteiger partial charge in [-0.15, -0.1) is 0 Å². The van der Waals surface area contributed by atoms with E-state index in [1.807, 2.05) is 25.9 Å². The van der Waals surface area contributed by atoms with E-state index in [4.69, 9.17) is 0 Å². The topological polar surface area (TPSA) is 3.24 Å². The Balaban J connectivity index is 2.89. The van der Waals surface area contributed by atoms with Gasteiger partial charge in [0.05, 0.1) is 6.20 Å². The van der Waals surface area contributed by atoms with Crippen molar-refractivity contribution < 1.29 is 4.39 Å². The van der Waals surface area contributed by atoms with Gasteiger partial charge in [0.15, 0.2) is 0 Å². The van der Waals surface area contributed by atoms with Crippen LogP contribution in [0.2, 0.25) is 0 Å². The molecule has 0 aliphatic heterocycles. The molecule has 1 nitrogen and oxygen atoms in total. The third-order valence-electron chi connectivity index (χ3n) is 1.67. The lowest BCUT2D eigenvalue weighted by Crippen LogP contribution is -2.02. The zero-order valence-corrected chi connectivity index (χ0v) is 8.13. The maximum absolute atomic E-state index is 12.6. The fourth-order valence-electron chi connectivity index (χ4n) is 1.10. The summed E-state index contributed by atoms with van der Waals surface area (Å²) in [7, 11) is 3.82. The Hall–Kier alpha value is -1.31. The molecule has 0 spiro atoms. The minimum atomic E-state index is -0.207. The fraction of sp³-hybridized carbons (Fsp3) is 0.273. The number of hydrogen-bond donors (Lipinski definition) is 0. The lowest BCUT2D eigenvalue weighted by Gasteiger charge is -2.06. The van der Waals surface area contributed by atoms with Crippen LogP contribution in [0.15, 0.2) is 24.3 Å². The standard InChI is InChI=1S/C11H13FN/c1-9(8-13(2)3)10-4-6-11(12)7-5-10/h4-7H,1-3H3. The predicted octanol–water partition coefficient (Wildman–Crippen LogP) is 2.55. The van der Waals surface area contributed by atoms with Gasteiger partial charge in [-0.25, -0.2) is 4.39 Å². The average Bonchev–Trinajstić information content (AvgIpc) is 2.04. The van der Waals surface area contributed by atoms with Crippen LogP contribution < -0.4 is 0 Å². The average molecular weight is 178 g/mol. The number of rotatable bonds is 2. The smallest absolute Gasteiger partial charge is 0.123 e. The van der Waals surface area contributed by atoms with Gasteiger partial charge in [0.25, 0.3) is 0 Å². The van der Waals surface area contributed by atoms with E-state index >= 15 is 0 Å². The molecular weight excluding hydrogens is 165 g/mol. The van der Waals surface area contributed by atoms with Crippen molar-refractivity contribution >= 4 is 5.57 Å². The third-order valence-corrected chi connectivity index (χ3v) is 1.67. The van der Waals surface area contributed by atoms with Crippen molar-refractivity contribution in [3.8, 4) is 0 Å². The zero-order chi connectivity index (χ0) is 9.84. The lowest BCUT2D eigenvalue weighted by molar-refractivity contribution is 0.540. The van der Waals surface area contributed by atoms with Crippen LogP contribution in [0.4, 0.5) is 4.39 Å². The molecule has 0 saturated carbocycles. The van der Waals surface area contributed by atoms with Gasteiger partial charge >= 0.3 is 0 Å². The number of allylic oxidation sites excluding steroid dienone is 1. The van der Waals surface area contributed by atoms with E-state index in [0.29, 0.717) is 0 Å². The van der Waals surface area contributed by atoms with Crippen molar-refractivity contribution in [2.45, 2.75) is 6.92 Å². The second-order valence-corrected chi connectivity index (χ2v) is 3.14. The summed E-state index contributed by atoms with van der Waals surface area (Å²) in [5.74, 6) is -0.207. The first kappa shape index (κ1) is 9.78. The number of benzene rings is 1. The summed E-state index contributed by atoms with van der Waals surface area (Å²) in [5.41, 5.74) is 2.00. The first-order valence-corrected chi connectivity index (χ1v) is 4.13. The normalized spacial score (nSPS) is 11.5. The van der Waals surface area contributed by atoms with Gasteiger partial charge < -0.3 is 4.90 Å². The molecule has 0 heterocycles. The van der Waals surface area contributed by atoms with Gasteiger partial charge in [0, 0.05) is 14.1 Å². The summed E-state index contributed by atoms with van der Waals surface area (Å²) >= 11 is 0. The molecule has 1 radical (unpaired) electrons. The molecule has 0 aromatic heterocycles. The van der Waals surface area contributed by atoms with Crippen LogP contribution in [0.3, 0.4) is 0 Å². The Morgan fingerprint density at radius 2 is 1.77 bits per heavy atom. The van der Waals surface area contributed by atoms with Gasteiger partial charge in [0.1, 0.15) is 5.82 Å². The van der Waals surface area contributed by atoms with Crippen LogP contribution in [0, 0.1) is 12.0 Å². The second kappa shape index (κ2) is 4.08. The molecule has 0 unspecified atom stereocenters. The molecule has 1 aromatic rings. The van der Waals surface area contributed by atoms with E-state index in [1.54, 1.807) is 12.1 Å². The van der Waals surface area contributed by atoms with Crippen molar-refractivity contribution in [2.75, 3.05) is 14.1 Å². The highest BCUT2D eigenvalue weighted by molar-refractivity contribution is 5.61. The molecule has 2 heteroatoms. The number of nitrogens with zero attached hydrogens (tertiary/aromatic N) is 1. The lowest BCUT2D eigenvalue weighted by atomic mass is 10.1. The predicted molar refractivity (Wildman–Crippen MR) is 52.4 cm³/mol. The van der Waals surface area contributed by atoms with Crippen LogP contribution >= 0.6 is 0 Å². The Morgan fingerprint density at radius 1 is 1.23 bits per heavy atom. The van der Waals surface area contributed by atoms with E-state index in [-0.39, 0.29) is 5.82 Å². The maximum atomic E-state index is 12.6. The van der Waals surface area contributed by atoms with Crippen LogP contribution in [0.1, 0.15) is 12.5 Å². The van der Waals surface area contributed by atoms with E-state index in [9.17, 15) is 4.39 Å². The minimum Gasteiger partial charge on any atom is -0.376 e. The molecular formula is C11H13FN. The van der Waals surface area contributed by atoms with Crippen molar-refractivity contribution in [2.24, 2.45) is 0 Å². The van der Waals surface area contributed by atoms with E-state index in [0.717, 1.165) is 11.1 Å². The first-order valence-electron chi connectivity index (χ1n) is 4.13. The van der Waals surface area contributed by atoms with Crippen molar-refractivity contribution in [3.63, 3.8) is 0 Å². The highest BCUT2D eigenvalue weighted by Crippen LogP contribution is 2.13. The summed E-state index contributed by atoms with van der Waals surface area (Å²) in [5, 5.41) is 0. The van der Waals surface area contributed by atoms with Gasteiger partial charge in [-0.05, 0) is 30.2 Å². The van der Waals surface area contributed by atoms with Crippen LogP contribution in [-0.2, 0) is 0 Å². The van der Waals surface area contributed by atoms with Crippen molar-refractivity contribution in [1.82, 2.24) is 4.90 Å². The molecule has 13 heavy (non-hydrogen) atoms. The van der Waals surface area contributed by atoms with Gasteiger partial charge in [-0.3, -0.25) is 0 Å². The summed E-state index contributed by atoms with van der Waals surface area (Å²) in [6, 6.07) is 6.41. The molecule has 0 atom stereocenters. The fourth-order valence-corrected chi connectivity index (χ4v) is 1.10. The Kier molecular flexibility index (Phi) is 3.07. The summed E-state index contributed by atoms with van der Waals surface area (Å²) in [6.07, 6.45) is 3.11. The molecule has 0 N–H and O–H groups in total. The molecule has 0 aliphatic rings. The van der Waals surface area contributed by atoms with Crippen LogP contribution in [0.25, 0.3) is 5.57 Å². The Morgan fingerprint density at radius 3 is 2.23 bits per heavy atom. The molecule has 0 fully saturated rings. The third kappa shape index (κ3) is 2.90. The second-order valence-electron chi connectivity index (χ2n) is 3.14. The minimum absolute atomic E-state index is 0.207. The van der Waals surface area contributed by atoms with E-state index in [1.165, 1.54) is 12.1 Å².